The zero-order chi connectivity index (χ0) is 20.9. The molecule has 1 saturated heterocycles. The Kier molecular flexibility index (Phi) is 4.99. The lowest BCUT2D eigenvalue weighted by molar-refractivity contribution is -0.137. The highest BCUT2D eigenvalue weighted by Gasteiger charge is 2.34. The maximum Gasteiger partial charge on any atom is 0.416 e. The molecule has 7 nitrogen and oxygen atoms in total. The molecular weight excluding hydrogens is 419 g/mol. The lowest BCUT2D eigenvalue weighted by atomic mass is 10.2. The second kappa shape index (κ2) is 6.76. The molecule has 1 aliphatic heterocycles. The molecule has 0 aliphatic carbocycles. The Balaban J connectivity index is 1.95. The summed E-state index contributed by atoms with van der Waals surface area (Å²) in [6, 6.07) is 3.39. The first-order valence-corrected chi connectivity index (χ1v) is 11.6. The molecule has 0 radical (unpaired) electrons. The second-order valence-corrected chi connectivity index (χ2v) is 10.5. The van der Waals surface area contributed by atoms with Crippen LogP contribution in [0, 0.1) is 13.8 Å². The number of benzene rings is 1. The predicted octanol–water partition coefficient (Wildman–Crippen LogP) is 2.68. The molecule has 1 aromatic carbocycles. The van der Waals surface area contributed by atoms with Crippen LogP contribution in [-0.2, 0) is 26.0 Å². The fourth-order valence-corrected chi connectivity index (χ4v) is 6.47. The molecule has 2 heterocycles. The molecule has 1 aliphatic rings. The number of rotatable bonds is 4. The number of sulfonamides is 1. The summed E-state index contributed by atoms with van der Waals surface area (Å²) in [5.74, 6) is -0.129. The number of hydrogen-bond acceptors (Lipinski definition) is 5. The summed E-state index contributed by atoms with van der Waals surface area (Å²) in [5.41, 5.74) is -0.835. The van der Waals surface area contributed by atoms with Gasteiger partial charge in [-0.25, -0.2) is 16.8 Å². The van der Waals surface area contributed by atoms with E-state index in [2.05, 4.69) is 9.82 Å². The van der Waals surface area contributed by atoms with Gasteiger partial charge in [0, 0.05) is 5.69 Å². The van der Waals surface area contributed by atoms with Crippen molar-refractivity contribution >= 4 is 25.5 Å². The maximum atomic E-state index is 12.9. The fourth-order valence-electron chi connectivity index (χ4n) is 3.33. The molecule has 1 N–H and O–H groups in total. The van der Waals surface area contributed by atoms with E-state index in [4.69, 9.17) is 0 Å². The molecule has 0 amide bonds. The zero-order valence-electron chi connectivity index (χ0n) is 15.0. The Bertz CT molecular complexity index is 1120. The molecule has 1 aromatic heterocycles. The van der Waals surface area contributed by atoms with E-state index in [1.807, 2.05) is 0 Å². The zero-order valence-corrected chi connectivity index (χ0v) is 16.6. The Hall–Kier alpha value is -2.08. The summed E-state index contributed by atoms with van der Waals surface area (Å²) in [7, 11) is -7.42. The summed E-state index contributed by atoms with van der Waals surface area (Å²) in [6.45, 7) is 2.94. The monoisotopic (exact) mass is 437 g/mol. The molecular formula is C16H18F3N3O4S2. The SMILES string of the molecule is Cc1nn([C@@H]2CCS(=O)(=O)C2)c(C)c1S(=O)(=O)Nc1cccc(C(F)(F)F)c1. The van der Waals surface area contributed by atoms with Gasteiger partial charge in [0.25, 0.3) is 10.0 Å². The van der Waals surface area contributed by atoms with Crippen LogP contribution in [-0.4, -0.2) is 38.1 Å². The van der Waals surface area contributed by atoms with Gasteiger partial charge in [-0.2, -0.15) is 18.3 Å². The summed E-state index contributed by atoms with van der Waals surface area (Å²) in [6.07, 6.45) is -4.28. The first-order chi connectivity index (χ1) is 12.8. The second-order valence-electron chi connectivity index (χ2n) is 6.69. The minimum atomic E-state index is -4.61. The largest absolute Gasteiger partial charge is 0.416 e. The average Bonchev–Trinajstić information content (AvgIpc) is 3.05. The van der Waals surface area contributed by atoms with Gasteiger partial charge in [-0.05, 0) is 38.5 Å². The van der Waals surface area contributed by atoms with Crippen LogP contribution in [0.5, 0.6) is 0 Å². The number of aryl methyl sites for hydroxylation is 1. The van der Waals surface area contributed by atoms with Crippen molar-refractivity contribution in [1.82, 2.24) is 9.78 Å². The molecule has 0 unspecified atom stereocenters. The van der Waals surface area contributed by atoms with Crippen molar-refractivity contribution in [1.29, 1.82) is 0 Å². The van der Waals surface area contributed by atoms with Crippen molar-refractivity contribution in [3.63, 3.8) is 0 Å². The minimum absolute atomic E-state index is 0.000578. The maximum absolute atomic E-state index is 12.9. The van der Waals surface area contributed by atoms with E-state index in [-0.39, 0.29) is 33.5 Å². The van der Waals surface area contributed by atoms with E-state index in [1.54, 1.807) is 0 Å². The molecule has 28 heavy (non-hydrogen) atoms. The number of halogens is 3. The van der Waals surface area contributed by atoms with Crippen molar-refractivity contribution in [2.45, 2.75) is 37.4 Å². The van der Waals surface area contributed by atoms with Gasteiger partial charge in [-0.15, -0.1) is 0 Å². The van der Waals surface area contributed by atoms with E-state index < -0.39 is 37.6 Å². The highest BCUT2D eigenvalue weighted by atomic mass is 32.2. The van der Waals surface area contributed by atoms with Crippen molar-refractivity contribution in [3.8, 4) is 0 Å². The van der Waals surface area contributed by atoms with Crippen LogP contribution in [0.15, 0.2) is 29.2 Å². The van der Waals surface area contributed by atoms with Crippen molar-refractivity contribution in [3.05, 3.63) is 41.2 Å². The Labute approximate surface area is 160 Å². The molecule has 154 valence electrons. The van der Waals surface area contributed by atoms with Crippen LogP contribution >= 0.6 is 0 Å². The molecule has 3 rings (SSSR count). The highest BCUT2D eigenvalue weighted by Crippen LogP contribution is 2.32. The third kappa shape index (κ3) is 4.02. The van der Waals surface area contributed by atoms with Crippen LogP contribution in [0.1, 0.15) is 29.4 Å². The lowest BCUT2D eigenvalue weighted by Gasteiger charge is -2.13. The minimum Gasteiger partial charge on any atom is -0.280 e. The standard InChI is InChI=1S/C16H18F3N3O4S2/c1-10-15(11(2)22(20-10)14-6-7-27(23,24)9-14)28(25,26)21-13-5-3-4-12(8-13)16(17,18)19/h3-5,8,14,21H,6-7,9H2,1-2H3/t14-/m1/s1. The van der Waals surface area contributed by atoms with Gasteiger partial charge in [-0.1, -0.05) is 6.07 Å². The molecule has 2 aromatic rings. The van der Waals surface area contributed by atoms with Gasteiger partial charge in [0.15, 0.2) is 9.84 Å². The molecule has 1 fully saturated rings. The van der Waals surface area contributed by atoms with Crippen LogP contribution in [0.2, 0.25) is 0 Å². The Morgan fingerprint density at radius 1 is 1.25 bits per heavy atom. The summed E-state index contributed by atoms with van der Waals surface area (Å²) in [4.78, 5) is -0.172. The van der Waals surface area contributed by atoms with Gasteiger partial charge in [0.05, 0.1) is 34.5 Å². The van der Waals surface area contributed by atoms with E-state index in [0.29, 0.717) is 12.5 Å². The fraction of sp³-hybridized carbons (Fsp3) is 0.438. The van der Waals surface area contributed by atoms with E-state index in [9.17, 15) is 30.0 Å². The van der Waals surface area contributed by atoms with Crippen LogP contribution in [0.25, 0.3) is 0 Å². The van der Waals surface area contributed by atoms with Gasteiger partial charge in [-0.3, -0.25) is 9.40 Å². The van der Waals surface area contributed by atoms with Crippen LogP contribution in [0.3, 0.4) is 0 Å². The van der Waals surface area contributed by atoms with Gasteiger partial charge in [0.2, 0.25) is 0 Å². The number of sulfone groups is 1. The first kappa shape index (κ1) is 20.6. The summed E-state index contributed by atoms with van der Waals surface area (Å²) >= 11 is 0. The van der Waals surface area contributed by atoms with E-state index >= 15 is 0 Å². The normalized spacial score (nSPS) is 19.7. The summed E-state index contributed by atoms with van der Waals surface area (Å²) in [5, 5.41) is 4.18. The highest BCUT2D eigenvalue weighted by molar-refractivity contribution is 7.92. The molecule has 0 saturated carbocycles. The van der Waals surface area contributed by atoms with Gasteiger partial charge < -0.3 is 0 Å². The number of anilines is 1. The third-order valence-electron chi connectivity index (χ3n) is 4.52. The quantitative estimate of drug-likeness (QED) is 0.793. The number of alkyl halides is 3. The third-order valence-corrected chi connectivity index (χ3v) is 7.91. The number of nitrogens with zero attached hydrogens (tertiary/aromatic N) is 2. The van der Waals surface area contributed by atoms with E-state index in [0.717, 1.165) is 12.1 Å². The van der Waals surface area contributed by atoms with Crippen molar-refractivity contribution in [2.24, 2.45) is 0 Å². The lowest BCUT2D eigenvalue weighted by Crippen LogP contribution is -2.17. The van der Waals surface area contributed by atoms with Crippen LogP contribution < -0.4 is 4.72 Å². The molecule has 12 heteroatoms. The number of aromatic nitrogens is 2. The van der Waals surface area contributed by atoms with Gasteiger partial charge in [0.1, 0.15) is 4.90 Å². The first-order valence-electron chi connectivity index (χ1n) is 8.26. The van der Waals surface area contributed by atoms with Crippen molar-refractivity contribution < 1.29 is 30.0 Å². The Morgan fingerprint density at radius 2 is 1.93 bits per heavy atom. The number of nitrogens with one attached hydrogen (secondary N) is 1. The smallest absolute Gasteiger partial charge is 0.280 e. The Morgan fingerprint density at radius 3 is 2.50 bits per heavy atom. The topological polar surface area (TPSA) is 98.1 Å². The molecule has 0 bridgehead atoms. The molecule has 1 atom stereocenters. The van der Waals surface area contributed by atoms with Gasteiger partial charge >= 0.3 is 6.18 Å². The van der Waals surface area contributed by atoms with E-state index in [1.165, 1.54) is 24.6 Å². The number of hydrogen-bond donors (Lipinski definition) is 1. The predicted molar refractivity (Wildman–Crippen MR) is 96.3 cm³/mol. The summed E-state index contributed by atoms with van der Waals surface area (Å²) < 4.78 is 91.1. The van der Waals surface area contributed by atoms with Crippen molar-refractivity contribution in [2.75, 3.05) is 16.2 Å². The average molecular weight is 437 g/mol. The molecule has 0 spiro atoms. The van der Waals surface area contributed by atoms with Crippen LogP contribution in [0.4, 0.5) is 18.9 Å².